The van der Waals surface area contributed by atoms with Crippen molar-refractivity contribution < 1.29 is 14.3 Å². The highest BCUT2D eigenvalue weighted by Crippen LogP contribution is 2.48. The van der Waals surface area contributed by atoms with Crippen LogP contribution < -0.4 is 15.0 Å². The quantitative estimate of drug-likeness (QED) is 0.189. The molecule has 0 aliphatic carbocycles. The molecule has 7 nitrogen and oxygen atoms in total. The Balaban J connectivity index is 1.20. The first-order valence-corrected chi connectivity index (χ1v) is 14.3. The monoisotopic (exact) mass is 568 g/mol. The fourth-order valence-electron chi connectivity index (χ4n) is 5.74. The average Bonchev–Trinajstić information content (AvgIpc) is 3.75. The summed E-state index contributed by atoms with van der Waals surface area (Å²) in [5.74, 6) is 0.833. The SMILES string of the molecule is COc1cc2c(c3c(C)csc13)[C@H](CCl)CN2C(=O)c1cc2cc(NC(=O)c3cc4ccccc4[nH]3)ccc2[nH]1. The summed E-state index contributed by atoms with van der Waals surface area (Å²) < 4.78 is 6.78. The zero-order valence-electron chi connectivity index (χ0n) is 21.8. The number of aromatic amines is 2. The Hall–Kier alpha value is -4.27. The maximum absolute atomic E-state index is 13.9. The molecular weight excluding hydrogens is 544 g/mol. The number of hydrogen-bond acceptors (Lipinski definition) is 4. The van der Waals surface area contributed by atoms with Crippen LogP contribution in [0.15, 0.2) is 66.0 Å². The predicted octanol–water partition coefficient (Wildman–Crippen LogP) is 7.42. The molecule has 4 heterocycles. The second-order valence-electron chi connectivity index (χ2n) is 10.1. The number of carbonyl (C=O) groups excluding carboxylic acids is 2. The molecule has 0 bridgehead atoms. The van der Waals surface area contributed by atoms with Crippen LogP contribution in [0.5, 0.6) is 5.75 Å². The number of fused-ring (bicyclic) bond motifs is 5. The van der Waals surface area contributed by atoms with Gasteiger partial charge < -0.3 is 24.9 Å². The van der Waals surface area contributed by atoms with Gasteiger partial charge in [-0.3, -0.25) is 9.59 Å². The maximum Gasteiger partial charge on any atom is 0.274 e. The van der Waals surface area contributed by atoms with E-state index in [0.29, 0.717) is 29.5 Å². The lowest BCUT2D eigenvalue weighted by Gasteiger charge is -2.18. The van der Waals surface area contributed by atoms with Crippen molar-refractivity contribution in [2.24, 2.45) is 0 Å². The van der Waals surface area contributed by atoms with E-state index in [1.165, 1.54) is 0 Å². The molecule has 6 aromatic rings. The fraction of sp³-hybridized carbons (Fsp3) is 0.161. The third-order valence-electron chi connectivity index (χ3n) is 7.65. The van der Waals surface area contributed by atoms with Crippen molar-refractivity contribution in [3.05, 3.63) is 88.6 Å². The zero-order chi connectivity index (χ0) is 27.5. The van der Waals surface area contributed by atoms with Crippen LogP contribution >= 0.6 is 22.9 Å². The summed E-state index contributed by atoms with van der Waals surface area (Å²) in [6, 6.07) is 18.9. The van der Waals surface area contributed by atoms with Gasteiger partial charge in [0, 0.05) is 57.3 Å². The number of nitrogens with zero attached hydrogens (tertiary/aromatic N) is 1. The number of thiophene rings is 1. The number of alkyl halides is 1. The number of aromatic nitrogens is 2. The Morgan fingerprint density at radius 2 is 1.82 bits per heavy atom. The largest absolute Gasteiger partial charge is 0.495 e. The highest BCUT2D eigenvalue weighted by atomic mass is 35.5. The molecule has 1 aliphatic rings. The highest BCUT2D eigenvalue weighted by molar-refractivity contribution is 7.17. The number of H-pyrrole nitrogens is 2. The minimum absolute atomic E-state index is 0.0261. The van der Waals surface area contributed by atoms with Crippen LogP contribution in [0.3, 0.4) is 0 Å². The Kier molecular flexibility index (Phi) is 5.83. The molecule has 0 unspecified atom stereocenters. The number of halogens is 1. The molecule has 0 saturated heterocycles. The first-order chi connectivity index (χ1) is 19.4. The number of amides is 2. The van der Waals surface area contributed by atoms with Crippen molar-refractivity contribution in [3.63, 3.8) is 0 Å². The van der Waals surface area contributed by atoms with Gasteiger partial charge in [0.25, 0.3) is 11.8 Å². The summed E-state index contributed by atoms with van der Waals surface area (Å²) in [5, 5.41) is 8.01. The second-order valence-corrected chi connectivity index (χ2v) is 11.3. The van der Waals surface area contributed by atoms with Gasteiger partial charge in [0.2, 0.25) is 0 Å². The van der Waals surface area contributed by atoms with E-state index in [0.717, 1.165) is 54.5 Å². The van der Waals surface area contributed by atoms with Gasteiger partial charge in [0.1, 0.15) is 17.1 Å². The minimum atomic E-state index is -0.229. The van der Waals surface area contributed by atoms with E-state index in [1.54, 1.807) is 23.3 Å². The number of nitrogens with one attached hydrogen (secondary N) is 3. The molecule has 1 aliphatic heterocycles. The summed E-state index contributed by atoms with van der Waals surface area (Å²) in [6.07, 6.45) is 0. The van der Waals surface area contributed by atoms with E-state index in [4.69, 9.17) is 16.3 Å². The predicted molar refractivity (Wildman–Crippen MR) is 163 cm³/mol. The van der Waals surface area contributed by atoms with Crippen LogP contribution in [0.2, 0.25) is 0 Å². The number of anilines is 2. The first kappa shape index (κ1) is 24.7. The molecule has 3 N–H and O–H groups in total. The van der Waals surface area contributed by atoms with Gasteiger partial charge >= 0.3 is 0 Å². The molecule has 0 fully saturated rings. The summed E-state index contributed by atoms with van der Waals surface area (Å²) in [6.45, 7) is 2.58. The molecule has 0 radical (unpaired) electrons. The molecule has 200 valence electrons. The van der Waals surface area contributed by atoms with Crippen LogP contribution in [0.25, 0.3) is 31.9 Å². The number of ether oxygens (including phenoxy) is 1. The summed E-state index contributed by atoms with van der Waals surface area (Å²) in [5.41, 5.74) is 6.42. The molecule has 3 aromatic carbocycles. The third kappa shape index (κ3) is 3.86. The summed E-state index contributed by atoms with van der Waals surface area (Å²) in [7, 11) is 1.66. The van der Waals surface area contributed by atoms with Crippen LogP contribution in [-0.2, 0) is 0 Å². The van der Waals surface area contributed by atoms with Crippen molar-refractivity contribution >= 4 is 78.0 Å². The Morgan fingerprint density at radius 1 is 1.05 bits per heavy atom. The highest BCUT2D eigenvalue weighted by Gasteiger charge is 2.36. The molecule has 40 heavy (non-hydrogen) atoms. The van der Waals surface area contributed by atoms with E-state index in [2.05, 4.69) is 27.6 Å². The smallest absolute Gasteiger partial charge is 0.274 e. The molecule has 9 heteroatoms. The number of aryl methyl sites for hydroxylation is 1. The number of rotatable bonds is 5. The maximum atomic E-state index is 13.9. The van der Waals surface area contributed by atoms with E-state index in [-0.39, 0.29) is 17.7 Å². The van der Waals surface area contributed by atoms with Gasteiger partial charge in [-0.2, -0.15) is 0 Å². The van der Waals surface area contributed by atoms with Gasteiger partial charge in [-0.15, -0.1) is 22.9 Å². The van der Waals surface area contributed by atoms with Crippen LogP contribution in [0, 0.1) is 6.92 Å². The Labute approximate surface area is 238 Å². The topological polar surface area (TPSA) is 90.2 Å². The number of benzene rings is 3. The molecule has 2 amide bonds. The van der Waals surface area contributed by atoms with Gasteiger partial charge in [-0.1, -0.05) is 18.2 Å². The van der Waals surface area contributed by atoms with Crippen molar-refractivity contribution in [2.45, 2.75) is 12.8 Å². The van der Waals surface area contributed by atoms with Crippen molar-refractivity contribution in [1.82, 2.24) is 9.97 Å². The normalized spacial score (nSPS) is 14.8. The molecule has 1 atom stereocenters. The minimum Gasteiger partial charge on any atom is -0.495 e. The fourth-order valence-corrected chi connectivity index (χ4v) is 7.05. The molecule has 3 aromatic heterocycles. The molecular formula is C31H25ClN4O3S. The lowest BCUT2D eigenvalue weighted by molar-refractivity contribution is 0.0982. The second kappa shape index (κ2) is 9.43. The lowest BCUT2D eigenvalue weighted by atomic mass is 9.97. The van der Waals surface area contributed by atoms with Gasteiger partial charge in [0.05, 0.1) is 17.5 Å². The van der Waals surface area contributed by atoms with Crippen LogP contribution in [0.4, 0.5) is 11.4 Å². The van der Waals surface area contributed by atoms with Crippen molar-refractivity contribution in [3.8, 4) is 5.75 Å². The van der Waals surface area contributed by atoms with E-state index in [9.17, 15) is 9.59 Å². The standard InChI is InChI=1S/C31H25ClN4O3S/c1-16-15-40-29-26(39-2)12-25-28(27(16)29)19(13-32)14-36(25)31(38)24-11-18-9-20(7-8-22(18)35-24)33-30(37)23-10-17-5-3-4-6-21(17)34-23/h3-12,15,19,34-35H,13-14H2,1-2H3,(H,33,37)/t19-/m1/s1. The third-order valence-corrected chi connectivity index (χ3v) is 9.13. The summed E-state index contributed by atoms with van der Waals surface area (Å²) in [4.78, 5) is 35.0. The van der Waals surface area contributed by atoms with E-state index < -0.39 is 0 Å². The average molecular weight is 569 g/mol. The van der Waals surface area contributed by atoms with Crippen LogP contribution in [0.1, 0.15) is 38.0 Å². The lowest BCUT2D eigenvalue weighted by Crippen LogP contribution is -2.30. The number of hydrogen-bond donors (Lipinski definition) is 3. The number of para-hydroxylation sites is 1. The van der Waals surface area contributed by atoms with Gasteiger partial charge in [-0.05, 0) is 59.8 Å². The zero-order valence-corrected chi connectivity index (χ0v) is 23.4. The molecule has 0 saturated carbocycles. The van der Waals surface area contributed by atoms with Gasteiger partial charge in [-0.25, -0.2) is 0 Å². The van der Waals surface area contributed by atoms with Gasteiger partial charge in [0.15, 0.2) is 0 Å². The Morgan fingerprint density at radius 3 is 2.62 bits per heavy atom. The molecule has 7 rings (SSSR count). The number of methoxy groups -OCH3 is 1. The molecule has 0 spiro atoms. The number of carbonyl (C=O) groups is 2. The summed E-state index contributed by atoms with van der Waals surface area (Å²) >= 11 is 8.07. The van der Waals surface area contributed by atoms with Crippen molar-refractivity contribution in [1.29, 1.82) is 0 Å². The van der Waals surface area contributed by atoms with Crippen LogP contribution in [-0.4, -0.2) is 41.3 Å². The van der Waals surface area contributed by atoms with Crippen molar-refractivity contribution in [2.75, 3.05) is 29.8 Å². The Bertz CT molecular complexity index is 1940. The van der Waals surface area contributed by atoms with E-state index in [1.807, 2.05) is 60.7 Å². The van der Waals surface area contributed by atoms with E-state index >= 15 is 0 Å². The first-order valence-electron chi connectivity index (χ1n) is 12.9.